The lowest BCUT2D eigenvalue weighted by atomic mass is 9.90. The summed E-state index contributed by atoms with van der Waals surface area (Å²) in [6, 6.07) is 4.99. The summed E-state index contributed by atoms with van der Waals surface area (Å²) in [4.78, 5) is 49.3. The Labute approximate surface area is 189 Å². The van der Waals surface area contributed by atoms with E-state index in [1.54, 1.807) is 18.2 Å². The Morgan fingerprint density at radius 1 is 1.19 bits per heavy atom. The Morgan fingerprint density at radius 2 is 1.87 bits per heavy atom. The lowest BCUT2D eigenvalue weighted by molar-refractivity contribution is -0.121. The van der Waals surface area contributed by atoms with Crippen LogP contribution >= 0.6 is 12.8 Å². The van der Waals surface area contributed by atoms with Gasteiger partial charge in [-0.05, 0) is 51.3 Å². The predicted octanol–water partition coefficient (Wildman–Crippen LogP) is 2.16. The van der Waals surface area contributed by atoms with Crippen LogP contribution in [0.2, 0.25) is 0 Å². The molecule has 1 aliphatic rings. The third kappa shape index (κ3) is 6.54. The Bertz CT molecular complexity index is 794. The van der Waals surface area contributed by atoms with Gasteiger partial charge in [0.1, 0.15) is 6.29 Å². The van der Waals surface area contributed by atoms with Gasteiger partial charge < -0.3 is 20.3 Å². The highest BCUT2D eigenvalue weighted by Crippen LogP contribution is 2.28. The van der Waals surface area contributed by atoms with Gasteiger partial charge in [0.2, 0.25) is 5.91 Å². The molecule has 1 atom stereocenters. The molecule has 1 aliphatic carbocycles. The zero-order valence-electron chi connectivity index (χ0n) is 18.3. The lowest BCUT2D eigenvalue weighted by Gasteiger charge is -2.33. The van der Waals surface area contributed by atoms with Crippen LogP contribution in [-0.2, 0) is 9.59 Å². The third-order valence-electron chi connectivity index (χ3n) is 5.96. The van der Waals surface area contributed by atoms with Gasteiger partial charge >= 0.3 is 0 Å². The minimum absolute atomic E-state index is 0.129. The second-order valence-corrected chi connectivity index (χ2v) is 8.57. The quantitative estimate of drug-likeness (QED) is 0.375. The van der Waals surface area contributed by atoms with E-state index in [-0.39, 0.29) is 35.9 Å². The molecule has 170 valence electrons. The summed E-state index contributed by atoms with van der Waals surface area (Å²) in [7, 11) is 4.99. The molecule has 1 aromatic rings. The number of aldehydes is 2. The lowest BCUT2D eigenvalue weighted by Crippen LogP contribution is -2.39. The van der Waals surface area contributed by atoms with E-state index in [0.29, 0.717) is 24.3 Å². The maximum Gasteiger partial charge on any atom is 0.255 e. The normalized spacial score (nSPS) is 19.4. The Kier molecular flexibility index (Phi) is 9.51. The van der Waals surface area contributed by atoms with Crippen molar-refractivity contribution in [2.45, 2.75) is 56.7 Å². The number of carbonyl (C=O) groups excluding carboxylic acids is 4. The van der Waals surface area contributed by atoms with Gasteiger partial charge in [0.25, 0.3) is 5.91 Å². The van der Waals surface area contributed by atoms with E-state index in [1.165, 1.54) is 19.0 Å². The minimum Gasteiger partial charge on any atom is -0.382 e. The van der Waals surface area contributed by atoms with E-state index in [4.69, 9.17) is 0 Å². The molecule has 2 amide bonds. The van der Waals surface area contributed by atoms with E-state index in [9.17, 15) is 19.2 Å². The molecule has 0 aliphatic heterocycles. The molecule has 0 saturated heterocycles. The summed E-state index contributed by atoms with van der Waals surface area (Å²) in [5.74, 6) is -0.633. The number of benzene rings is 1. The highest BCUT2D eigenvalue weighted by atomic mass is 32.1. The van der Waals surface area contributed by atoms with Gasteiger partial charge in [-0.3, -0.25) is 18.7 Å². The van der Waals surface area contributed by atoms with Crippen molar-refractivity contribution in [3.63, 3.8) is 0 Å². The summed E-state index contributed by atoms with van der Waals surface area (Å²) in [6.45, 7) is 0. The van der Waals surface area contributed by atoms with Gasteiger partial charge in [0, 0.05) is 38.3 Å². The molecule has 9 heteroatoms. The van der Waals surface area contributed by atoms with Crippen LogP contribution in [0.25, 0.3) is 0 Å². The largest absolute Gasteiger partial charge is 0.382 e. The van der Waals surface area contributed by atoms with Crippen molar-refractivity contribution >= 4 is 42.9 Å². The first-order valence-electron chi connectivity index (χ1n) is 10.5. The fraction of sp³-hybridized carbons (Fsp3) is 0.545. The first-order valence-corrected chi connectivity index (χ1v) is 10.9. The average molecular weight is 449 g/mol. The summed E-state index contributed by atoms with van der Waals surface area (Å²) in [5.41, 5.74) is 1.13. The van der Waals surface area contributed by atoms with Gasteiger partial charge in [-0.15, -0.1) is 0 Å². The molecule has 0 radical (unpaired) electrons. The fourth-order valence-electron chi connectivity index (χ4n) is 3.92. The molecule has 1 unspecified atom stereocenters. The number of nitrogens with one attached hydrogen (secondary N) is 2. The van der Waals surface area contributed by atoms with Crippen molar-refractivity contribution in [2.75, 3.05) is 26.5 Å². The highest BCUT2D eigenvalue weighted by Gasteiger charge is 2.26. The number of rotatable bonds is 10. The van der Waals surface area contributed by atoms with Crippen LogP contribution in [0.1, 0.15) is 59.2 Å². The molecule has 1 fully saturated rings. The van der Waals surface area contributed by atoms with Crippen molar-refractivity contribution in [1.82, 2.24) is 14.5 Å². The smallest absolute Gasteiger partial charge is 0.255 e. The summed E-state index contributed by atoms with van der Waals surface area (Å²) < 4.78 is 1.94. The molecule has 1 saturated carbocycles. The third-order valence-corrected chi connectivity index (χ3v) is 6.29. The van der Waals surface area contributed by atoms with Crippen LogP contribution in [0, 0.1) is 0 Å². The number of likely N-dealkylation sites (N-methyl/N-ethyl adjacent to an activating group) is 1. The van der Waals surface area contributed by atoms with E-state index >= 15 is 0 Å². The van der Waals surface area contributed by atoms with Crippen molar-refractivity contribution < 1.29 is 19.2 Å². The van der Waals surface area contributed by atoms with Crippen LogP contribution < -0.4 is 10.6 Å². The van der Waals surface area contributed by atoms with E-state index in [0.717, 1.165) is 25.7 Å². The SMILES string of the molecule is CNC(=O)CCC(C=O)N(C)C(=O)c1cccc(NC2CCC(N(C)S)CC2)c1C=O. The van der Waals surface area contributed by atoms with Crippen LogP contribution in [0.3, 0.4) is 0 Å². The molecule has 0 aromatic heterocycles. The van der Waals surface area contributed by atoms with Crippen molar-refractivity contribution in [2.24, 2.45) is 0 Å². The van der Waals surface area contributed by atoms with Gasteiger partial charge in [0.05, 0.1) is 17.2 Å². The van der Waals surface area contributed by atoms with E-state index in [1.807, 2.05) is 11.4 Å². The second kappa shape index (κ2) is 11.9. The predicted molar refractivity (Wildman–Crippen MR) is 123 cm³/mol. The standard InChI is InChI=1S/C22H32N4O4S/c1-23-21(29)12-11-17(13-27)25(2)22(30)18-5-4-6-20(19(18)14-28)24-15-7-9-16(10-8-15)26(3)31/h4-6,13-17,24,31H,7-12H2,1-3H3,(H,23,29). The van der Waals surface area contributed by atoms with Crippen LogP contribution in [-0.4, -0.2) is 72.9 Å². The zero-order chi connectivity index (χ0) is 23.0. The highest BCUT2D eigenvalue weighted by molar-refractivity contribution is 7.77. The molecular formula is C22H32N4O4S. The number of hydrogen-bond acceptors (Lipinski definition) is 7. The molecule has 2 rings (SSSR count). The number of amides is 2. The molecule has 0 bridgehead atoms. The maximum absolute atomic E-state index is 13.1. The molecule has 8 nitrogen and oxygen atoms in total. The van der Waals surface area contributed by atoms with E-state index < -0.39 is 11.9 Å². The van der Waals surface area contributed by atoms with Gasteiger partial charge in [-0.25, -0.2) is 0 Å². The first-order chi connectivity index (χ1) is 14.8. The molecule has 31 heavy (non-hydrogen) atoms. The maximum atomic E-state index is 13.1. The first kappa shape index (κ1) is 24.9. The number of thiol groups is 1. The van der Waals surface area contributed by atoms with Crippen LogP contribution in [0.4, 0.5) is 5.69 Å². The summed E-state index contributed by atoms with van der Waals surface area (Å²) in [6.07, 6.45) is 5.56. The fourth-order valence-corrected chi connectivity index (χ4v) is 4.15. The number of anilines is 1. The topological polar surface area (TPSA) is 98.8 Å². The van der Waals surface area contributed by atoms with Crippen molar-refractivity contribution in [1.29, 1.82) is 0 Å². The van der Waals surface area contributed by atoms with E-state index in [2.05, 4.69) is 23.4 Å². The molecule has 1 aromatic carbocycles. The van der Waals surface area contributed by atoms with Crippen molar-refractivity contribution in [3.8, 4) is 0 Å². The Morgan fingerprint density at radius 3 is 2.42 bits per heavy atom. The molecule has 0 spiro atoms. The monoisotopic (exact) mass is 448 g/mol. The molecular weight excluding hydrogens is 416 g/mol. The number of hydrogen-bond donors (Lipinski definition) is 3. The molecule has 0 heterocycles. The zero-order valence-corrected chi connectivity index (χ0v) is 19.2. The molecule has 2 N–H and O–H groups in total. The summed E-state index contributed by atoms with van der Waals surface area (Å²) in [5, 5.41) is 5.91. The van der Waals surface area contributed by atoms with Crippen molar-refractivity contribution in [3.05, 3.63) is 29.3 Å². The Hall–Kier alpha value is -2.39. The van der Waals surface area contributed by atoms with Gasteiger partial charge in [0.15, 0.2) is 6.29 Å². The average Bonchev–Trinajstić information content (AvgIpc) is 2.78. The second-order valence-electron chi connectivity index (χ2n) is 7.94. The van der Waals surface area contributed by atoms with Crippen LogP contribution in [0.15, 0.2) is 18.2 Å². The number of nitrogens with zero attached hydrogens (tertiary/aromatic N) is 2. The van der Waals surface area contributed by atoms with Gasteiger partial charge in [-0.1, -0.05) is 18.9 Å². The van der Waals surface area contributed by atoms with Crippen LogP contribution in [0.5, 0.6) is 0 Å². The Balaban J connectivity index is 2.14. The van der Waals surface area contributed by atoms with Gasteiger partial charge in [-0.2, -0.15) is 0 Å². The minimum atomic E-state index is -0.755. The number of carbonyl (C=O) groups is 4. The summed E-state index contributed by atoms with van der Waals surface area (Å²) >= 11 is 4.39.